The zero-order valence-corrected chi connectivity index (χ0v) is 58.8. The highest BCUT2D eigenvalue weighted by atomic mass is 35.5. The Kier molecular flexibility index (Phi) is 19.4. The number of alkyl halides is 2. The molecule has 0 spiro atoms. The number of nitrogens with one attached hydrogen (secondary N) is 2. The Morgan fingerprint density at radius 1 is 0.582 bits per heavy atom. The number of aliphatic hydroxyl groups is 2. The minimum Gasteiger partial charge on any atom is -0.462 e. The number of nitrogens with zero attached hydrogens (tertiary/aromatic N) is 3. The van der Waals surface area contributed by atoms with Crippen molar-refractivity contribution in [3.05, 3.63) is 191 Å². The Balaban J connectivity index is 0.672. The minimum absolute atomic E-state index is 0.0704. The summed E-state index contributed by atoms with van der Waals surface area (Å²) in [5, 5.41) is 24.8. The van der Waals surface area contributed by atoms with Crippen LogP contribution in [0, 0.1) is 67.1 Å². The molecule has 0 radical (unpaired) electrons. The predicted octanol–water partition coefficient (Wildman–Crippen LogP) is 19.4. The lowest BCUT2D eigenvalue weighted by molar-refractivity contribution is -0.209. The number of aromatic amines is 2. The molecule has 4 saturated carbocycles. The minimum atomic E-state index is -0.532. The van der Waals surface area contributed by atoms with Crippen molar-refractivity contribution in [1.29, 1.82) is 0 Å². The first-order chi connectivity index (χ1) is 47.5. The van der Waals surface area contributed by atoms with E-state index in [0.717, 1.165) is 147 Å². The van der Waals surface area contributed by atoms with Crippen LogP contribution >= 0.6 is 23.2 Å². The second-order valence-electron chi connectivity index (χ2n) is 29.5. The van der Waals surface area contributed by atoms with Crippen LogP contribution in [0.15, 0.2) is 146 Å². The lowest BCUT2D eigenvalue weighted by atomic mass is 9.43. The third-order valence-corrected chi connectivity index (χ3v) is 23.9. The van der Waals surface area contributed by atoms with Crippen LogP contribution in [0.5, 0.6) is 5.75 Å². The maximum atomic E-state index is 14.0. The number of aliphatic hydroxyl groups excluding tert-OH is 2. The molecule has 3 aromatic heterocycles. The number of hydrogen-bond donors (Lipinski definition) is 4. The number of rotatable bonds is 19. The number of aromatic nitrogens is 4. The summed E-state index contributed by atoms with van der Waals surface area (Å²) in [4.78, 5) is 48.2. The summed E-state index contributed by atoms with van der Waals surface area (Å²) in [6.45, 7) is 14.7. The number of ether oxygens (including phenoxy) is 2. The molecule has 5 aromatic carbocycles. The van der Waals surface area contributed by atoms with Crippen LogP contribution in [0.1, 0.15) is 136 Å². The SMILES string of the molecule is Cc1ccc(-c2c3nc(c(-c4ccc(C)cc4)c4ccc([nH]4)c(-c4ccc(OC(=O)CC[C@@H](C)[C@H]5CC[C@H]6[C@@H]7[C@H](O)C[C@@H]8C[C@H](OC(=O)CCCc9ccc(N(CCCl)CCCl)cc9)CC[C@]8(C)[C@H]7C[C@H](O)[C@]56C)cc4)c4nc(c(-c5ccc(C)cc5)c5ccc2[nH]5)C=C4)C=C3)cc1. The van der Waals surface area contributed by atoms with Crippen molar-refractivity contribution in [2.24, 2.45) is 46.3 Å². The molecule has 4 fully saturated rings. The number of benzene rings is 5. The van der Waals surface area contributed by atoms with Crippen molar-refractivity contribution in [2.45, 2.75) is 137 Å². The number of halogens is 2. The summed E-state index contributed by atoms with van der Waals surface area (Å²) in [5.41, 5.74) is 20.2. The van der Waals surface area contributed by atoms with Crippen LogP contribution < -0.4 is 9.64 Å². The van der Waals surface area contributed by atoms with E-state index in [4.69, 9.17) is 42.6 Å². The molecule has 11 nitrogen and oxygen atoms in total. The average molecular weight is 1350 g/mol. The molecule has 0 amide bonds. The molecule has 8 aromatic rings. The summed E-state index contributed by atoms with van der Waals surface area (Å²) in [5.74, 6) is 2.04. The second-order valence-corrected chi connectivity index (χ2v) is 30.2. The molecule has 98 heavy (non-hydrogen) atoms. The van der Waals surface area contributed by atoms with E-state index < -0.39 is 17.6 Å². The predicted molar refractivity (Wildman–Crippen MR) is 400 cm³/mol. The fourth-order valence-electron chi connectivity index (χ4n) is 18.4. The number of hydrogen-bond acceptors (Lipinski definition) is 9. The molecule has 0 saturated heterocycles. The van der Waals surface area contributed by atoms with Gasteiger partial charge in [-0.15, -0.1) is 23.2 Å². The van der Waals surface area contributed by atoms with E-state index in [1.165, 1.54) is 22.3 Å². The van der Waals surface area contributed by atoms with E-state index >= 15 is 0 Å². The van der Waals surface area contributed by atoms with E-state index in [9.17, 15) is 19.8 Å². The fourth-order valence-corrected chi connectivity index (χ4v) is 18.8. The van der Waals surface area contributed by atoms with Gasteiger partial charge in [-0.3, -0.25) is 9.59 Å². The fraction of sp³-hybridized carbons (Fsp3) is 0.388. The molecular weight excluding hydrogens is 1260 g/mol. The van der Waals surface area contributed by atoms with E-state index in [0.29, 0.717) is 49.6 Å². The maximum absolute atomic E-state index is 14.0. The largest absolute Gasteiger partial charge is 0.462 e. The Bertz CT molecular complexity index is 4430. The van der Waals surface area contributed by atoms with E-state index in [2.05, 4.69) is 202 Å². The molecule has 11 atom stereocenters. The molecule has 6 aliphatic rings. The van der Waals surface area contributed by atoms with Gasteiger partial charge in [0.05, 0.1) is 35.0 Å². The highest BCUT2D eigenvalue weighted by Crippen LogP contribution is 2.68. The van der Waals surface area contributed by atoms with Gasteiger partial charge in [0.25, 0.3) is 0 Å². The second kappa shape index (κ2) is 28.3. The zero-order chi connectivity index (χ0) is 68.0. The lowest BCUT2D eigenvalue weighted by Crippen LogP contribution is -2.62. The van der Waals surface area contributed by atoms with Gasteiger partial charge in [-0.1, -0.05) is 135 Å². The first-order valence-corrected chi connectivity index (χ1v) is 36.7. The Morgan fingerprint density at radius 3 is 1.54 bits per heavy atom. The zero-order valence-electron chi connectivity index (χ0n) is 57.3. The van der Waals surface area contributed by atoms with Crippen LogP contribution in [-0.2, 0) is 20.7 Å². The number of carbonyl (C=O) groups is 2. The van der Waals surface area contributed by atoms with Crippen molar-refractivity contribution < 1.29 is 29.3 Å². The van der Waals surface area contributed by atoms with Crippen LogP contribution in [-0.4, -0.2) is 85.2 Å². The van der Waals surface area contributed by atoms with Gasteiger partial charge >= 0.3 is 11.9 Å². The Morgan fingerprint density at radius 2 is 1.06 bits per heavy atom. The standard InChI is InChI=1S/C85H91Cl2N5O6/c1-51-10-19-56(20-11-51)79-67-33-35-69(88-67)80(57-21-12-52(2)13-22-57)71-37-39-73(90-71)82(74-40-38-72(91-74)81(70-36-34-68(79)89-70)58-23-14-53(3)15-24-58)59-25-29-62(30-26-59)97-78(96)41-16-54(4)64-31-32-65-83-66(50-76(94)85(64,65)6)84(5)43-42-63(48-60(84)49-75(83)93)98-77(95)9-7-8-55-17-27-61(28-18-55)92(46-44-86)47-45-87/h10-15,17-30,33-40,54,60,63-66,75-76,83,88,91,93-94H,7-9,16,31-32,41-50H2,1-6H3/t54-,60+,63-,64-,65+,66+,75-,76+,83+,84+,85-/m1/s1. The molecule has 0 unspecified atom stereocenters. The third-order valence-electron chi connectivity index (χ3n) is 23.6. The van der Waals surface area contributed by atoms with Crippen LogP contribution in [0.4, 0.5) is 5.69 Å². The number of carbonyl (C=O) groups excluding carboxylic acids is 2. The molecule has 14 rings (SSSR count). The molecular formula is C85H91Cl2N5O6. The van der Waals surface area contributed by atoms with Gasteiger partial charge in [0.15, 0.2) is 0 Å². The van der Waals surface area contributed by atoms with E-state index in [1.54, 1.807) is 0 Å². The Labute approximate surface area is 586 Å². The number of esters is 2. The van der Waals surface area contributed by atoms with Gasteiger partial charge < -0.3 is 34.6 Å². The summed E-state index contributed by atoms with van der Waals surface area (Å²) < 4.78 is 12.4. The normalized spacial score (nSPS) is 24.1. The topological polar surface area (TPSA) is 154 Å². The molecule has 5 heterocycles. The number of fused-ring (bicyclic) bond motifs is 13. The van der Waals surface area contributed by atoms with Gasteiger partial charge in [-0.25, -0.2) is 9.97 Å². The Hall–Kier alpha value is -8.06. The van der Waals surface area contributed by atoms with Gasteiger partial charge in [0, 0.05) is 87.7 Å². The van der Waals surface area contributed by atoms with Crippen molar-refractivity contribution >= 4 is 87.2 Å². The van der Waals surface area contributed by atoms with Gasteiger partial charge in [-0.05, 0) is 232 Å². The summed E-state index contributed by atoms with van der Waals surface area (Å²) in [7, 11) is 0. The summed E-state index contributed by atoms with van der Waals surface area (Å²) >= 11 is 12.1. The maximum Gasteiger partial charge on any atom is 0.311 e. The third kappa shape index (κ3) is 13.3. The number of aryl methyl sites for hydroxylation is 4. The number of anilines is 1. The van der Waals surface area contributed by atoms with E-state index in [-0.39, 0.29) is 65.4 Å². The molecule has 4 N–H and O–H groups in total. The van der Waals surface area contributed by atoms with Crippen molar-refractivity contribution in [1.82, 2.24) is 19.9 Å². The lowest BCUT2D eigenvalue weighted by Gasteiger charge is -2.63. The number of H-pyrrole nitrogens is 2. The molecule has 8 bridgehead atoms. The highest BCUT2D eigenvalue weighted by molar-refractivity contribution is 6.18. The van der Waals surface area contributed by atoms with Gasteiger partial charge in [-0.2, -0.15) is 0 Å². The van der Waals surface area contributed by atoms with Crippen LogP contribution in [0.3, 0.4) is 0 Å². The van der Waals surface area contributed by atoms with Crippen molar-refractivity contribution in [2.75, 3.05) is 29.7 Å². The summed E-state index contributed by atoms with van der Waals surface area (Å²) in [6, 6.07) is 50.7. The van der Waals surface area contributed by atoms with E-state index in [1.807, 2.05) is 24.3 Å². The smallest absolute Gasteiger partial charge is 0.311 e. The van der Waals surface area contributed by atoms with Crippen molar-refractivity contribution in [3.63, 3.8) is 0 Å². The first-order valence-electron chi connectivity index (χ1n) is 35.7. The quantitative estimate of drug-likeness (QED) is 0.0352. The molecule has 506 valence electrons. The highest BCUT2D eigenvalue weighted by Gasteiger charge is 2.66. The molecule has 2 aliphatic heterocycles. The van der Waals surface area contributed by atoms with Crippen LogP contribution in [0.25, 0.3) is 90.9 Å². The van der Waals surface area contributed by atoms with Crippen molar-refractivity contribution in [3.8, 4) is 50.3 Å². The van der Waals surface area contributed by atoms with Crippen LogP contribution in [0.2, 0.25) is 0 Å². The molecule has 13 heteroatoms. The van der Waals surface area contributed by atoms with Gasteiger partial charge in [0.2, 0.25) is 0 Å². The van der Waals surface area contributed by atoms with Gasteiger partial charge in [0.1, 0.15) is 11.9 Å². The monoisotopic (exact) mass is 1350 g/mol. The molecule has 4 aliphatic carbocycles. The first kappa shape index (κ1) is 67.1. The average Bonchev–Trinajstić information content (AvgIpc) is 1.33. The summed E-state index contributed by atoms with van der Waals surface area (Å²) in [6.07, 6.45) is 15.7.